The van der Waals surface area contributed by atoms with Crippen molar-refractivity contribution < 1.29 is 4.39 Å². The molecule has 1 aromatic rings. The van der Waals surface area contributed by atoms with Crippen molar-refractivity contribution in [3.8, 4) is 0 Å². The van der Waals surface area contributed by atoms with Crippen LogP contribution in [0.25, 0.3) is 0 Å². The van der Waals surface area contributed by atoms with Gasteiger partial charge in [0.05, 0.1) is 6.04 Å². The molecule has 1 aliphatic rings. The van der Waals surface area contributed by atoms with Gasteiger partial charge in [-0.25, -0.2) is 4.39 Å². The minimum Gasteiger partial charge on any atom is -0.303 e. The molecular formula is C10H9ClFN. The van der Waals surface area contributed by atoms with Gasteiger partial charge in [0.2, 0.25) is 0 Å². The van der Waals surface area contributed by atoms with E-state index < -0.39 is 0 Å². The molecule has 0 aromatic heterocycles. The zero-order valence-electron chi connectivity index (χ0n) is 6.93. The molecule has 0 amide bonds. The van der Waals surface area contributed by atoms with Crippen LogP contribution in [0.2, 0.25) is 5.02 Å². The van der Waals surface area contributed by atoms with Gasteiger partial charge >= 0.3 is 0 Å². The average molecular weight is 198 g/mol. The van der Waals surface area contributed by atoms with Crippen LogP contribution in [0.4, 0.5) is 4.39 Å². The van der Waals surface area contributed by atoms with Crippen LogP contribution < -0.4 is 5.32 Å². The van der Waals surface area contributed by atoms with E-state index in [9.17, 15) is 4.39 Å². The SMILES string of the molecule is Fc1cc(Cl)ccc1C1C=CCN1. The number of halogens is 2. The Morgan fingerprint density at radius 1 is 1.46 bits per heavy atom. The third-order valence-electron chi connectivity index (χ3n) is 2.08. The van der Waals surface area contributed by atoms with Gasteiger partial charge in [-0.15, -0.1) is 0 Å². The molecule has 0 bridgehead atoms. The summed E-state index contributed by atoms with van der Waals surface area (Å²) in [4.78, 5) is 0. The highest BCUT2D eigenvalue weighted by molar-refractivity contribution is 6.30. The zero-order chi connectivity index (χ0) is 9.26. The highest BCUT2D eigenvalue weighted by Crippen LogP contribution is 2.23. The lowest BCUT2D eigenvalue weighted by Gasteiger charge is -2.10. The Kier molecular flexibility index (Phi) is 2.34. The van der Waals surface area contributed by atoms with Crippen molar-refractivity contribution >= 4 is 11.6 Å². The number of hydrogen-bond donors (Lipinski definition) is 1. The third-order valence-corrected chi connectivity index (χ3v) is 2.32. The summed E-state index contributed by atoms with van der Waals surface area (Å²) in [5.41, 5.74) is 0.651. The molecule has 0 spiro atoms. The van der Waals surface area contributed by atoms with E-state index in [1.165, 1.54) is 6.07 Å². The van der Waals surface area contributed by atoms with Gasteiger partial charge in [-0.3, -0.25) is 0 Å². The maximum Gasteiger partial charge on any atom is 0.129 e. The van der Waals surface area contributed by atoms with Crippen LogP contribution >= 0.6 is 11.6 Å². The summed E-state index contributed by atoms with van der Waals surface area (Å²) < 4.78 is 13.3. The lowest BCUT2D eigenvalue weighted by molar-refractivity contribution is 0.583. The van der Waals surface area contributed by atoms with Gasteiger partial charge in [-0.1, -0.05) is 29.8 Å². The van der Waals surface area contributed by atoms with E-state index in [4.69, 9.17) is 11.6 Å². The normalized spacial score (nSPS) is 20.9. The summed E-state index contributed by atoms with van der Waals surface area (Å²) in [6, 6.07) is 4.75. The Morgan fingerprint density at radius 2 is 2.31 bits per heavy atom. The van der Waals surface area contributed by atoms with Gasteiger partial charge < -0.3 is 5.32 Å². The zero-order valence-corrected chi connectivity index (χ0v) is 7.68. The van der Waals surface area contributed by atoms with E-state index in [0.717, 1.165) is 6.54 Å². The minimum atomic E-state index is -0.253. The van der Waals surface area contributed by atoms with Crippen molar-refractivity contribution in [3.63, 3.8) is 0 Å². The van der Waals surface area contributed by atoms with Crippen molar-refractivity contribution in [2.75, 3.05) is 6.54 Å². The lowest BCUT2D eigenvalue weighted by Crippen LogP contribution is -2.14. The van der Waals surface area contributed by atoms with Crippen LogP contribution in [0.15, 0.2) is 30.4 Å². The second kappa shape index (κ2) is 3.48. The first-order valence-electron chi connectivity index (χ1n) is 4.12. The van der Waals surface area contributed by atoms with Gasteiger partial charge in [-0.2, -0.15) is 0 Å². The molecule has 1 N–H and O–H groups in total. The fourth-order valence-corrected chi connectivity index (χ4v) is 1.59. The predicted molar refractivity (Wildman–Crippen MR) is 51.3 cm³/mol. The molecule has 68 valence electrons. The number of hydrogen-bond acceptors (Lipinski definition) is 1. The van der Waals surface area contributed by atoms with Crippen molar-refractivity contribution in [1.82, 2.24) is 5.32 Å². The topological polar surface area (TPSA) is 12.0 Å². The molecule has 1 unspecified atom stereocenters. The van der Waals surface area contributed by atoms with Crippen LogP contribution in [0.1, 0.15) is 11.6 Å². The van der Waals surface area contributed by atoms with Crippen LogP contribution in [0.3, 0.4) is 0 Å². The first-order valence-corrected chi connectivity index (χ1v) is 4.50. The number of rotatable bonds is 1. The maximum atomic E-state index is 13.3. The van der Waals surface area contributed by atoms with Crippen LogP contribution in [0, 0.1) is 5.82 Å². The molecule has 1 aromatic carbocycles. The smallest absolute Gasteiger partial charge is 0.129 e. The summed E-state index contributed by atoms with van der Waals surface area (Å²) in [6.45, 7) is 0.798. The summed E-state index contributed by atoms with van der Waals surface area (Å²) >= 11 is 5.65. The van der Waals surface area contributed by atoms with Crippen molar-refractivity contribution in [1.29, 1.82) is 0 Å². The first-order chi connectivity index (χ1) is 6.27. The fraction of sp³-hybridized carbons (Fsp3) is 0.200. The van der Waals surface area contributed by atoms with Gasteiger partial charge in [-0.05, 0) is 12.1 Å². The maximum absolute atomic E-state index is 13.3. The summed E-state index contributed by atoms with van der Waals surface area (Å²) in [6.07, 6.45) is 3.94. The van der Waals surface area contributed by atoms with Crippen molar-refractivity contribution in [2.24, 2.45) is 0 Å². The Morgan fingerprint density at radius 3 is 2.92 bits per heavy atom. The van der Waals surface area contributed by atoms with E-state index in [1.807, 2.05) is 12.2 Å². The number of nitrogens with one attached hydrogen (secondary N) is 1. The van der Waals surface area contributed by atoms with E-state index in [0.29, 0.717) is 10.6 Å². The summed E-state index contributed by atoms with van der Waals surface area (Å²) in [7, 11) is 0. The Bertz CT molecular complexity index is 349. The molecular weight excluding hydrogens is 189 g/mol. The summed E-state index contributed by atoms with van der Waals surface area (Å²) in [5.74, 6) is -0.253. The Balaban J connectivity index is 2.34. The monoisotopic (exact) mass is 197 g/mol. The molecule has 2 rings (SSSR count). The quantitative estimate of drug-likeness (QED) is 0.683. The highest BCUT2D eigenvalue weighted by atomic mass is 35.5. The molecule has 0 saturated carbocycles. The number of benzene rings is 1. The van der Waals surface area contributed by atoms with Crippen molar-refractivity contribution in [2.45, 2.75) is 6.04 Å². The first kappa shape index (κ1) is 8.73. The second-order valence-corrected chi connectivity index (χ2v) is 3.42. The molecule has 0 aliphatic carbocycles. The van der Waals surface area contributed by atoms with E-state index in [-0.39, 0.29) is 11.9 Å². The second-order valence-electron chi connectivity index (χ2n) is 2.98. The molecule has 3 heteroatoms. The van der Waals surface area contributed by atoms with Crippen LogP contribution in [0.5, 0.6) is 0 Å². The third kappa shape index (κ3) is 1.74. The molecule has 1 atom stereocenters. The standard InChI is InChI=1S/C10H9ClFN/c11-7-3-4-8(9(12)6-7)10-2-1-5-13-10/h1-4,6,10,13H,5H2. The largest absolute Gasteiger partial charge is 0.303 e. The molecule has 0 saturated heterocycles. The fourth-order valence-electron chi connectivity index (χ4n) is 1.43. The van der Waals surface area contributed by atoms with Crippen LogP contribution in [-0.4, -0.2) is 6.54 Å². The highest BCUT2D eigenvalue weighted by Gasteiger charge is 2.14. The molecule has 13 heavy (non-hydrogen) atoms. The summed E-state index contributed by atoms with van der Waals surface area (Å²) in [5, 5.41) is 3.57. The van der Waals surface area contributed by atoms with E-state index in [2.05, 4.69) is 5.32 Å². The lowest BCUT2D eigenvalue weighted by atomic mass is 10.1. The molecule has 1 heterocycles. The van der Waals surface area contributed by atoms with Gasteiger partial charge in [0.15, 0.2) is 0 Å². The van der Waals surface area contributed by atoms with Gasteiger partial charge in [0.1, 0.15) is 5.82 Å². The molecule has 1 aliphatic heterocycles. The predicted octanol–water partition coefficient (Wildman–Crippen LogP) is 2.68. The van der Waals surface area contributed by atoms with Crippen LogP contribution in [-0.2, 0) is 0 Å². The Hall–Kier alpha value is -0.860. The molecule has 0 radical (unpaired) electrons. The molecule has 0 fully saturated rings. The van der Waals surface area contributed by atoms with E-state index in [1.54, 1.807) is 12.1 Å². The Labute approximate surface area is 81.2 Å². The average Bonchev–Trinajstić information content (AvgIpc) is 2.56. The van der Waals surface area contributed by atoms with Gasteiger partial charge in [0.25, 0.3) is 0 Å². The minimum absolute atomic E-state index is 0.00253. The van der Waals surface area contributed by atoms with Crippen molar-refractivity contribution in [3.05, 3.63) is 46.8 Å². The van der Waals surface area contributed by atoms with E-state index >= 15 is 0 Å². The van der Waals surface area contributed by atoms with Gasteiger partial charge in [0, 0.05) is 17.1 Å². The molecule has 1 nitrogen and oxygen atoms in total.